The summed E-state index contributed by atoms with van der Waals surface area (Å²) in [6.07, 6.45) is 1.10. The Hall–Kier alpha value is -2.76. The third-order valence-corrected chi connectivity index (χ3v) is 4.89. The van der Waals surface area contributed by atoms with Crippen LogP contribution in [0.15, 0.2) is 35.1 Å². The largest absolute Gasteiger partial charge is 0.493 e. The number of carbonyl (C=O) groups is 1. The van der Waals surface area contributed by atoms with Crippen LogP contribution in [0.5, 0.6) is 11.5 Å². The number of carbonyl (C=O) groups excluding carboxylic acids is 1. The zero-order chi connectivity index (χ0) is 18.7. The molecule has 0 bridgehead atoms. The zero-order valence-corrected chi connectivity index (χ0v) is 15.4. The van der Waals surface area contributed by atoms with Crippen LogP contribution in [0.1, 0.15) is 23.2 Å². The lowest BCUT2D eigenvalue weighted by Crippen LogP contribution is -2.37. The predicted molar refractivity (Wildman–Crippen MR) is 98.7 cm³/mol. The smallest absolute Gasteiger partial charge is 0.250 e. The number of hydrogen-bond donors (Lipinski definition) is 0. The van der Waals surface area contributed by atoms with E-state index < -0.39 is 0 Å². The van der Waals surface area contributed by atoms with E-state index in [-0.39, 0.29) is 11.5 Å². The average Bonchev–Trinajstić information content (AvgIpc) is 2.65. The van der Waals surface area contributed by atoms with Crippen molar-refractivity contribution in [3.05, 3.63) is 57.5 Å². The van der Waals surface area contributed by atoms with E-state index >= 15 is 0 Å². The molecule has 0 radical (unpaired) electrons. The molecule has 1 aromatic carbocycles. The molecule has 6 heteroatoms. The van der Waals surface area contributed by atoms with Crippen molar-refractivity contribution in [3.63, 3.8) is 0 Å². The van der Waals surface area contributed by atoms with E-state index in [0.29, 0.717) is 37.6 Å². The maximum Gasteiger partial charge on any atom is 0.250 e. The number of fused-ring (bicyclic) bond motifs is 1. The van der Waals surface area contributed by atoms with Crippen molar-refractivity contribution in [3.8, 4) is 11.5 Å². The van der Waals surface area contributed by atoms with Crippen LogP contribution in [0, 0.1) is 6.92 Å². The van der Waals surface area contributed by atoms with Crippen LogP contribution < -0.4 is 15.0 Å². The minimum absolute atomic E-state index is 0.0561. The number of hydrogen-bond acceptors (Lipinski definition) is 4. The van der Waals surface area contributed by atoms with Gasteiger partial charge >= 0.3 is 0 Å². The van der Waals surface area contributed by atoms with Crippen LogP contribution >= 0.6 is 0 Å². The summed E-state index contributed by atoms with van der Waals surface area (Å²) < 4.78 is 12.4. The summed E-state index contributed by atoms with van der Waals surface area (Å²) in [4.78, 5) is 26.4. The molecule has 138 valence electrons. The Morgan fingerprint density at radius 1 is 1.12 bits per heavy atom. The van der Waals surface area contributed by atoms with Gasteiger partial charge in [-0.3, -0.25) is 9.59 Å². The molecule has 2 aromatic rings. The second kappa shape index (κ2) is 7.64. The fourth-order valence-corrected chi connectivity index (χ4v) is 3.37. The van der Waals surface area contributed by atoms with E-state index in [4.69, 9.17) is 9.47 Å². The number of nitrogens with zero attached hydrogens (tertiary/aromatic N) is 2. The maximum atomic E-state index is 12.6. The highest BCUT2D eigenvalue weighted by molar-refractivity contribution is 5.76. The van der Waals surface area contributed by atoms with Crippen LogP contribution in [0.2, 0.25) is 0 Å². The molecule has 0 unspecified atom stereocenters. The van der Waals surface area contributed by atoms with Crippen molar-refractivity contribution in [2.75, 3.05) is 20.8 Å². The van der Waals surface area contributed by atoms with Gasteiger partial charge in [0, 0.05) is 37.8 Å². The van der Waals surface area contributed by atoms with Crippen LogP contribution in [0.4, 0.5) is 0 Å². The van der Waals surface area contributed by atoms with Crippen molar-refractivity contribution < 1.29 is 14.3 Å². The molecule has 0 fully saturated rings. The SMILES string of the molecule is COc1cc2c(cc1OC)CN(C(=O)CCn1c(C)cccc1=O)CC2. The molecule has 3 rings (SSSR count). The molecule has 0 N–H and O–H groups in total. The molecule has 6 nitrogen and oxygen atoms in total. The minimum atomic E-state index is -0.0707. The summed E-state index contributed by atoms with van der Waals surface area (Å²) in [5.41, 5.74) is 3.06. The maximum absolute atomic E-state index is 12.6. The van der Waals surface area contributed by atoms with Gasteiger partial charge in [-0.25, -0.2) is 0 Å². The van der Waals surface area contributed by atoms with Crippen molar-refractivity contribution in [1.29, 1.82) is 0 Å². The minimum Gasteiger partial charge on any atom is -0.493 e. The Kier molecular flexibility index (Phi) is 5.30. The van der Waals surface area contributed by atoms with E-state index in [9.17, 15) is 9.59 Å². The predicted octanol–water partition coefficient (Wildman–Crippen LogP) is 2.15. The van der Waals surface area contributed by atoms with Gasteiger partial charge in [0.2, 0.25) is 5.91 Å². The highest BCUT2D eigenvalue weighted by Gasteiger charge is 2.22. The van der Waals surface area contributed by atoms with Crippen molar-refractivity contribution >= 4 is 5.91 Å². The lowest BCUT2D eigenvalue weighted by Gasteiger charge is -2.30. The first-order valence-corrected chi connectivity index (χ1v) is 8.71. The van der Waals surface area contributed by atoms with Gasteiger partial charge in [0.1, 0.15) is 0 Å². The number of rotatable bonds is 5. The molecule has 0 saturated carbocycles. The molecule has 0 atom stereocenters. The second-order valence-corrected chi connectivity index (χ2v) is 6.45. The zero-order valence-electron chi connectivity index (χ0n) is 15.4. The number of benzene rings is 1. The summed E-state index contributed by atoms with van der Waals surface area (Å²) in [5, 5.41) is 0. The first-order valence-electron chi connectivity index (χ1n) is 8.71. The van der Waals surface area contributed by atoms with Crippen molar-refractivity contribution in [1.82, 2.24) is 9.47 Å². The van der Waals surface area contributed by atoms with Crippen LogP contribution in [-0.4, -0.2) is 36.1 Å². The number of aromatic nitrogens is 1. The lowest BCUT2D eigenvalue weighted by molar-refractivity contribution is -0.132. The fraction of sp³-hybridized carbons (Fsp3) is 0.400. The van der Waals surface area contributed by atoms with Crippen molar-refractivity contribution in [2.45, 2.75) is 32.9 Å². The van der Waals surface area contributed by atoms with Gasteiger partial charge in [-0.2, -0.15) is 0 Å². The fourth-order valence-electron chi connectivity index (χ4n) is 3.37. The van der Waals surface area contributed by atoms with Gasteiger partial charge in [0.05, 0.1) is 14.2 Å². The molecule has 0 spiro atoms. The van der Waals surface area contributed by atoms with Gasteiger partial charge in [-0.1, -0.05) is 6.07 Å². The molecular weight excluding hydrogens is 332 g/mol. The quantitative estimate of drug-likeness (QED) is 0.824. The number of methoxy groups -OCH3 is 2. The molecule has 0 saturated heterocycles. The van der Waals surface area contributed by atoms with Crippen molar-refractivity contribution in [2.24, 2.45) is 0 Å². The summed E-state index contributed by atoms with van der Waals surface area (Å²) >= 11 is 0. The van der Waals surface area contributed by atoms with E-state index in [1.807, 2.05) is 30.0 Å². The molecule has 1 aliphatic heterocycles. The van der Waals surface area contributed by atoms with Gasteiger partial charge < -0.3 is 18.9 Å². The highest BCUT2D eigenvalue weighted by atomic mass is 16.5. The number of amides is 1. The Bertz CT molecular complexity index is 873. The molecular formula is C20H24N2O4. The van der Waals surface area contributed by atoms with Gasteiger partial charge in [-0.15, -0.1) is 0 Å². The van der Waals surface area contributed by atoms with E-state index in [1.165, 1.54) is 11.6 Å². The van der Waals surface area contributed by atoms with E-state index in [1.54, 1.807) is 24.9 Å². The molecule has 26 heavy (non-hydrogen) atoms. The number of ether oxygens (including phenoxy) is 2. The Morgan fingerprint density at radius 3 is 2.46 bits per heavy atom. The number of aryl methyl sites for hydroxylation is 1. The van der Waals surface area contributed by atoms with Gasteiger partial charge in [0.15, 0.2) is 11.5 Å². The average molecular weight is 356 g/mol. The summed E-state index contributed by atoms with van der Waals surface area (Å²) in [7, 11) is 3.23. The first-order chi connectivity index (χ1) is 12.5. The van der Waals surface area contributed by atoms with Crippen LogP contribution in [0.3, 0.4) is 0 Å². The topological polar surface area (TPSA) is 60.8 Å². The Morgan fingerprint density at radius 2 is 1.81 bits per heavy atom. The monoisotopic (exact) mass is 356 g/mol. The highest BCUT2D eigenvalue weighted by Crippen LogP contribution is 2.33. The third kappa shape index (κ3) is 3.59. The summed E-state index contributed by atoms with van der Waals surface area (Å²) in [6, 6.07) is 9.07. The molecule has 1 amide bonds. The van der Waals surface area contributed by atoms with Crippen LogP contribution in [0.25, 0.3) is 0 Å². The van der Waals surface area contributed by atoms with E-state index in [0.717, 1.165) is 17.7 Å². The van der Waals surface area contributed by atoms with Crippen LogP contribution in [-0.2, 0) is 24.3 Å². The van der Waals surface area contributed by atoms with Gasteiger partial charge in [-0.05, 0) is 42.7 Å². The van der Waals surface area contributed by atoms with Gasteiger partial charge in [0.25, 0.3) is 5.56 Å². The lowest BCUT2D eigenvalue weighted by atomic mass is 9.98. The Labute approximate surface area is 153 Å². The second-order valence-electron chi connectivity index (χ2n) is 6.45. The normalized spacial score (nSPS) is 13.3. The Balaban J connectivity index is 1.70. The molecule has 2 heterocycles. The molecule has 0 aliphatic carbocycles. The molecule has 1 aliphatic rings. The standard InChI is InChI=1S/C20H24N2O4/c1-14-5-4-6-20(24)22(14)10-8-19(23)21-9-7-15-11-17(25-2)18(26-3)12-16(15)13-21/h4-6,11-12H,7-10,13H2,1-3H3. The number of pyridine rings is 1. The first kappa shape index (κ1) is 18.0. The summed E-state index contributed by atoms with van der Waals surface area (Å²) in [6.45, 7) is 3.50. The van der Waals surface area contributed by atoms with E-state index in [2.05, 4.69) is 0 Å². The molecule has 1 aromatic heterocycles. The third-order valence-electron chi connectivity index (χ3n) is 4.89. The summed E-state index contributed by atoms with van der Waals surface area (Å²) in [5.74, 6) is 1.44.